The zero-order valence-corrected chi connectivity index (χ0v) is 18.2. The minimum atomic E-state index is -0.253. The fourth-order valence-corrected chi connectivity index (χ4v) is 4.55. The van der Waals surface area contributed by atoms with Crippen LogP contribution in [0.25, 0.3) is 11.3 Å². The molecule has 0 atom stereocenters. The van der Waals surface area contributed by atoms with Crippen LogP contribution in [0, 0.1) is 0 Å². The third-order valence-corrected chi connectivity index (χ3v) is 6.37. The third-order valence-electron chi connectivity index (χ3n) is 5.50. The van der Waals surface area contributed by atoms with Crippen LogP contribution < -0.4 is 10.6 Å². The van der Waals surface area contributed by atoms with Gasteiger partial charge < -0.3 is 15.7 Å². The summed E-state index contributed by atoms with van der Waals surface area (Å²) in [4.78, 5) is 25.7. The molecule has 1 aromatic carbocycles. The number of aromatic hydroxyl groups is 1. The van der Waals surface area contributed by atoms with Crippen molar-refractivity contribution in [1.82, 2.24) is 15.1 Å². The van der Waals surface area contributed by atoms with Gasteiger partial charge in [-0.15, -0.1) is 11.3 Å². The number of carbonyl (C=O) groups is 2. The number of nitrogens with one attached hydrogen (secondary N) is 2. The maximum absolute atomic E-state index is 12.7. The van der Waals surface area contributed by atoms with E-state index in [1.807, 2.05) is 24.4 Å². The SMILES string of the molecule is CCCNC(=O)n1nc(-c2cc(NC(=O)c3cccs3)ccc2O)cc1C1CCCC1. The van der Waals surface area contributed by atoms with E-state index in [2.05, 4.69) is 15.7 Å². The lowest BCUT2D eigenvalue weighted by atomic mass is 10.0. The van der Waals surface area contributed by atoms with E-state index < -0.39 is 0 Å². The highest BCUT2D eigenvalue weighted by atomic mass is 32.1. The normalized spacial score (nSPS) is 14.0. The highest BCUT2D eigenvalue weighted by molar-refractivity contribution is 7.12. The van der Waals surface area contributed by atoms with Crippen molar-refractivity contribution in [3.63, 3.8) is 0 Å². The van der Waals surface area contributed by atoms with Crippen LogP contribution >= 0.6 is 11.3 Å². The maximum atomic E-state index is 12.7. The Bertz CT molecular complexity index is 1070. The molecular weight excluding hydrogens is 412 g/mol. The Morgan fingerprint density at radius 1 is 1.23 bits per heavy atom. The molecule has 3 N–H and O–H groups in total. The third kappa shape index (κ3) is 4.64. The number of rotatable bonds is 6. The van der Waals surface area contributed by atoms with Crippen molar-refractivity contribution in [3.8, 4) is 17.0 Å². The number of thiophene rings is 1. The number of benzene rings is 1. The molecule has 1 saturated carbocycles. The molecule has 0 unspecified atom stereocenters. The Balaban J connectivity index is 1.66. The van der Waals surface area contributed by atoms with Crippen LogP contribution in [0.4, 0.5) is 10.5 Å². The molecule has 8 heteroatoms. The van der Waals surface area contributed by atoms with Crippen LogP contribution in [-0.2, 0) is 0 Å². The summed E-state index contributed by atoms with van der Waals surface area (Å²) in [6.45, 7) is 2.58. The van der Waals surface area contributed by atoms with E-state index in [0.29, 0.717) is 28.4 Å². The Morgan fingerprint density at radius 3 is 2.74 bits per heavy atom. The summed E-state index contributed by atoms with van der Waals surface area (Å²) in [6.07, 6.45) is 5.16. The highest BCUT2D eigenvalue weighted by Gasteiger charge is 2.26. The molecule has 4 rings (SSSR count). The van der Waals surface area contributed by atoms with E-state index in [0.717, 1.165) is 37.8 Å². The largest absolute Gasteiger partial charge is 0.507 e. The summed E-state index contributed by atoms with van der Waals surface area (Å²) in [5, 5.41) is 22.6. The van der Waals surface area contributed by atoms with Crippen molar-refractivity contribution in [3.05, 3.63) is 52.3 Å². The minimum Gasteiger partial charge on any atom is -0.507 e. The first-order valence-electron chi connectivity index (χ1n) is 10.6. The van der Waals surface area contributed by atoms with E-state index in [9.17, 15) is 14.7 Å². The molecule has 0 radical (unpaired) electrons. The zero-order chi connectivity index (χ0) is 21.8. The lowest BCUT2D eigenvalue weighted by molar-refractivity contribution is 0.103. The molecule has 1 aliphatic carbocycles. The first-order valence-corrected chi connectivity index (χ1v) is 11.5. The van der Waals surface area contributed by atoms with Crippen LogP contribution in [-0.4, -0.2) is 33.4 Å². The first kappa shape index (κ1) is 21.1. The van der Waals surface area contributed by atoms with Crippen molar-refractivity contribution < 1.29 is 14.7 Å². The number of phenols is 1. The van der Waals surface area contributed by atoms with Gasteiger partial charge in [0.25, 0.3) is 5.91 Å². The monoisotopic (exact) mass is 438 g/mol. The first-order chi connectivity index (χ1) is 15.1. The summed E-state index contributed by atoms with van der Waals surface area (Å²) in [5.41, 5.74) is 2.41. The van der Waals surface area contributed by atoms with Gasteiger partial charge in [-0.05, 0) is 55.0 Å². The summed E-state index contributed by atoms with van der Waals surface area (Å²) < 4.78 is 1.44. The molecular formula is C23H26N4O3S. The number of anilines is 1. The van der Waals surface area contributed by atoms with Crippen molar-refractivity contribution in [1.29, 1.82) is 0 Å². The molecule has 2 amide bonds. The van der Waals surface area contributed by atoms with Gasteiger partial charge in [-0.25, -0.2) is 4.79 Å². The lowest BCUT2D eigenvalue weighted by Gasteiger charge is -2.11. The Hall–Kier alpha value is -3.13. The van der Waals surface area contributed by atoms with Gasteiger partial charge in [0.15, 0.2) is 0 Å². The molecule has 0 spiro atoms. The molecule has 3 aromatic rings. The molecule has 0 saturated heterocycles. The van der Waals surface area contributed by atoms with Crippen molar-refractivity contribution in [2.75, 3.05) is 11.9 Å². The topological polar surface area (TPSA) is 96.3 Å². The van der Waals surface area contributed by atoms with Crippen molar-refractivity contribution in [2.45, 2.75) is 44.9 Å². The molecule has 162 valence electrons. The molecule has 1 aliphatic rings. The van der Waals surface area contributed by atoms with E-state index in [-0.39, 0.29) is 23.6 Å². The second-order valence-electron chi connectivity index (χ2n) is 7.74. The summed E-state index contributed by atoms with van der Waals surface area (Å²) in [6, 6.07) is 10.1. The smallest absolute Gasteiger partial charge is 0.342 e. The Labute approximate surface area is 185 Å². The summed E-state index contributed by atoms with van der Waals surface area (Å²) in [5.74, 6) is 0.117. The quantitative estimate of drug-likeness (QED) is 0.461. The summed E-state index contributed by atoms with van der Waals surface area (Å²) in [7, 11) is 0. The number of carbonyl (C=O) groups excluding carboxylic acids is 2. The molecule has 7 nitrogen and oxygen atoms in total. The second kappa shape index (κ2) is 9.34. The average Bonchev–Trinajstić information content (AvgIpc) is 3.54. The van der Waals surface area contributed by atoms with Gasteiger partial charge in [0.05, 0.1) is 16.3 Å². The van der Waals surface area contributed by atoms with E-state index in [1.54, 1.807) is 18.2 Å². The van der Waals surface area contributed by atoms with Crippen molar-refractivity contribution >= 4 is 29.0 Å². The van der Waals surface area contributed by atoms with Crippen molar-refractivity contribution in [2.24, 2.45) is 0 Å². The molecule has 2 aromatic heterocycles. The number of amides is 2. The van der Waals surface area contributed by atoms with Crippen LogP contribution in [0.2, 0.25) is 0 Å². The van der Waals surface area contributed by atoms with Crippen LogP contribution in [0.1, 0.15) is 60.3 Å². The van der Waals surface area contributed by atoms with Crippen LogP contribution in [0.3, 0.4) is 0 Å². The number of nitrogens with zero attached hydrogens (tertiary/aromatic N) is 2. The molecule has 0 aliphatic heterocycles. The van der Waals surface area contributed by atoms with Gasteiger partial charge >= 0.3 is 6.03 Å². The van der Waals surface area contributed by atoms with Gasteiger partial charge in [-0.1, -0.05) is 25.8 Å². The molecule has 0 bridgehead atoms. The minimum absolute atomic E-state index is 0.0470. The number of phenolic OH excluding ortho intramolecular Hbond substituents is 1. The predicted octanol–water partition coefficient (Wildman–Crippen LogP) is 5.19. The van der Waals surface area contributed by atoms with Gasteiger partial charge in [0.1, 0.15) is 5.75 Å². The number of hydrogen-bond donors (Lipinski definition) is 3. The molecule has 2 heterocycles. The van der Waals surface area contributed by atoms with Crippen LogP contribution in [0.5, 0.6) is 5.75 Å². The number of hydrogen-bond acceptors (Lipinski definition) is 5. The Morgan fingerprint density at radius 2 is 2.03 bits per heavy atom. The van der Waals surface area contributed by atoms with Gasteiger partial charge in [-0.3, -0.25) is 4.79 Å². The number of aromatic nitrogens is 2. The van der Waals surface area contributed by atoms with Gasteiger partial charge in [0, 0.05) is 23.7 Å². The maximum Gasteiger partial charge on any atom is 0.342 e. The average molecular weight is 439 g/mol. The molecule has 1 fully saturated rings. The van der Waals surface area contributed by atoms with Crippen LogP contribution in [0.15, 0.2) is 41.8 Å². The highest BCUT2D eigenvalue weighted by Crippen LogP contribution is 2.38. The lowest BCUT2D eigenvalue weighted by Crippen LogP contribution is -2.31. The van der Waals surface area contributed by atoms with E-state index in [4.69, 9.17) is 0 Å². The fraction of sp³-hybridized carbons (Fsp3) is 0.348. The predicted molar refractivity (Wildman–Crippen MR) is 122 cm³/mol. The van der Waals surface area contributed by atoms with E-state index >= 15 is 0 Å². The zero-order valence-electron chi connectivity index (χ0n) is 17.4. The van der Waals surface area contributed by atoms with Gasteiger partial charge in [-0.2, -0.15) is 9.78 Å². The summed E-state index contributed by atoms with van der Waals surface area (Å²) >= 11 is 1.36. The van der Waals surface area contributed by atoms with Gasteiger partial charge in [0.2, 0.25) is 0 Å². The molecule has 31 heavy (non-hydrogen) atoms. The van der Waals surface area contributed by atoms with E-state index in [1.165, 1.54) is 22.1 Å². The standard InChI is InChI=1S/C23H26N4O3S/c1-2-11-24-23(30)27-19(15-6-3-4-7-15)14-18(26-27)17-13-16(9-10-20(17)28)25-22(29)21-8-5-12-31-21/h5,8-10,12-15,28H,2-4,6-7,11H2,1H3,(H,24,30)(H,25,29). The fourth-order valence-electron chi connectivity index (χ4n) is 3.93. The second-order valence-corrected chi connectivity index (χ2v) is 8.69. The Kier molecular flexibility index (Phi) is 6.36.